The van der Waals surface area contributed by atoms with Gasteiger partial charge in [-0.3, -0.25) is 0 Å². The van der Waals surface area contributed by atoms with Crippen molar-refractivity contribution in [3.05, 3.63) is 127 Å². The summed E-state index contributed by atoms with van der Waals surface area (Å²) in [5.41, 5.74) is 5.18. The van der Waals surface area contributed by atoms with Gasteiger partial charge in [0.05, 0.1) is 11.1 Å². The summed E-state index contributed by atoms with van der Waals surface area (Å²) < 4.78 is 1.99. The molecule has 0 amide bonds. The average Bonchev–Trinajstić information content (AvgIpc) is 3.39. The van der Waals surface area contributed by atoms with Gasteiger partial charge in [0.1, 0.15) is 11.5 Å². The fraction of sp³-hybridized carbons (Fsp3) is 0.0690. The smallest absolute Gasteiger partial charge is 0.165 e. The minimum absolute atomic E-state index is 0.190. The number of rotatable bonds is 6. The lowest BCUT2D eigenvalue weighted by Gasteiger charge is -2.20. The van der Waals surface area contributed by atoms with Crippen LogP contribution in [0.1, 0.15) is 17.0 Å². The zero-order valence-corrected chi connectivity index (χ0v) is 18.5. The van der Waals surface area contributed by atoms with Gasteiger partial charge in [-0.25, -0.2) is 15.0 Å². The van der Waals surface area contributed by atoms with Gasteiger partial charge in [0.15, 0.2) is 5.82 Å². The highest BCUT2D eigenvalue weighted by molar-refractivity contribution is 5.91. The van der Waals surface area contributed by atoms with Crippen molar-refractivity contribution < 1.29 is 0 Å². The molecule has 0 aliphatic heterocycles. The number of hydrogen-bond donors (Lipinski definition) is 1. The fourth-order valence-corrected chi connectivity index (χ4v) is 4.45. The monoisotopic (exact) mass is 441 g/mol. The fourth-order valence-electron chi connectivity index (χ4n) is 4.45. The molecule has 0 bridgehead atoms. The van der Waals surface area contributed by atoms with Crippen molar-refractivity contribution in [1.82, 2.24) is 19.4 Å². The standard InChI is InChI=1S/C29H23N5/c1-3-10-21(11-4-1)25(22-12-5-2-6-13-22)20-31-27-23-14-7-8-16-26(23)32-28(33-27)24-15-9-18-34-19-17-30-29(24)34/h1-19,25H,20H2,(H,31,32,33). The summed E-state index contributed by atoms with van der Waals surface area (Å²) >= 11 is 0. The van der Waals surface area contributed by atoms with Crippen molar-refractivity contribution in [2.45, 2.75) is 5.92 Å². The Hall–Kier alpha value is -4.51. The topological polar surface area (TPSA) is 55.1 Å². The highest BCUT2D eigenvalue weighted by Crippen LogP contribution is 2.29. The molecule has 6 aromatic rings. The Kier molecular flexibility index (Phi) is 5.20. The molecule has 6 rings (SSSR count). The Bertz CT molecular complexity index is 1520. The predicted octanol–water partition coefficient (Wildman–Crippen LogP) is 6.19. The first kappa shape index (κ1) is 20.1. The largest absolute Gasteiger partial charge is 0.368 e. The van der Waals surface area contributed by atoms with E-state index in [4.69, 9.17) is 9.97 Å². The number of nitrogens with zero attached hydrogens (tertiary/aromatic N) is 4. The van der Waals surface area contributed by atoms with Crippen LogP contribution < -0.4 is 5.32 Å². The molecular formula is C29H23N5. The molecule has 0 aliphatic rings. The Labute approximate surface area is 197 Å². The third-order valence-electron chi connectivity index (χ3n) is 6.14. The lowest BCUT2D eigenvalue weighted by molar-refractivity contribution is 0.849. The van der Waals surface area contributed by atoms with E-state index in [-0.39, 0.29) is 5.92 Å². The number of pyridine rings is 1. The summed E-state index contributed by atoms with van der Waals surface area (Å²) in [7, 11) is 0. The highest BCUT2D eigenvalue weighted by Gasteiger charge is 2.17. The number of anilines is 1. The molecule has 0 atom stereocenters. The summed E-state index contributed by atoms with van der Waals surface area (Å²) in [5, 5.41) is 4.66. The van der Waals surface area contributed by atoms with Crippen LogP contribution in [-0.4, -0.2) is 25.9 Å². The molecule has 164 valence electrons. The number of para-hydroxylation sites is 1. The molecule has 3 aromatic carbocycles. The van der Waals surface area contributed by atoms with Gasteiger partial charge in [-0.1, -0.05) is 72.8 Å². The SMILES string of the molecule is c1ccc(C(CNc2nc(-c3cccn4ccnc34)nc3ccccc23)c2ccccc2)cc1. The number of imidazole rings is 1. The van der Waals surface area contributed by atoms with Crippen LogP contribution >= 0.6 is 0 Å². The van der Waals surface area contributed by atoms with Crippen LogP contribution in [0.4, 0.5) is 5.82 Å². The molecule has 34 heavy (non-hydrogen) atoms. The van der Waals surface area contributed by atoms with E-state index in [2.05, 4.69) is 77.0 Å². The zero-order valence-electron chi connectivity index (χ0n) is 18.5. The van der Waals surface area contributed by atoms with Crippen molar-refractivity contribution in [2.75, 3.05) is 11.9 Å². The minimum Gasteiger partial charge on any atom is -0.368 e. The molecule has 0 saturated carbocycles. The summed E-state index contributed by atoms with van der Waals surface area (Å²) in [5.74, 6) is 1.68. The Morgan fingerprint density at radius 1 is 0.706 bits per heavy atom. The second-order valence-corrected chi connectivity index (χ2v) is 8.25. The average molecular weight is 442 g/mol. The summed E-state index contributed by atoms with van der Waals surface area (Å²) in [6, 6.07) is 33.4. The van der Waals surface area contributed by atoms with Crippen LogP contribution in [0, 0.1) is 0 Å². The molecule has 0 unspecified atom stereocenters. The van der Waals surface area contributed by atoms with E-state index in [0.717, 1.165) is 27.9 Å². The summed E-state index contributed by atoms with van der Waals surface area (Å²) in [4.78, 5) is 14.4. The number of benzene rings is 3. The van der Waals surface area contributed by atoms with Crippen LogP contribution in [0.25, 0.3) is 27.9 Å². The van der Waals surface area contributed by atoms with E-state index in [0.29, 0.717) is 12.4 Å². The summed E-state index contributed by atoms with van der Waals surface area (Å²) in [6.07, 6.45) is 5.71. The van der Waals surface area contributed by atoms with Crippen LogP contribution in [0.5, 0.6) is 0 Å². The van der Waals surface area contributed by atoms with Gasteiger partial charge in [0.25, 0.3) is 0 Å². The quantitative estimate of drug-likeness (QED) is 0.335. The first-order valence-corrected chi connectivity index (χ1v) is 11.4. The Balaban J connectivity index is 1.42. The van der Waals surface area contributed by atoms with Gasteiger partial charge < -0.3 is 9.72 Å². The molecule has 0 spiro atoms. The van der Waals surface area contributed by atoms with Crippen molar-refractivity contribution in [3.8, 4) is 11.4 Å². The molecule has 0 fully saturated rings. The molecule has 5 heteroatoms. The molecular weight excluding hydrogens is 418 g/mol. The lowest BCUT2D eigenvalue weighted by atomic mass is 9.91. The maximum atomic E-state index is 4.98. The maximum Gasteiger partial charge on any atom is 0.165 e. The van der Waals surface area contributed by atoms with E-state index < -0.39 is 0 Å². The van der Waals surface area contributed by atoms with Crippen molar-refractivity contribution in [1.29, 1.82) is 0 Å². The maximum absolute atomic E-state index is 4.98. The van der Waals surface area contributed by atoms with Gasteiger partial charge in [-0.15, -0.1) is 0 Å². The van der Waals surface area contributed by atoms with Crippen molar-refractivity contribution in [3.63, 3.8) is 0 Å². The van der Waals surface area contributed by atoms with Gasteiger partial charge in [-0.2, -0.15) is 0 Å². The highest BCUT2D eigenvalue weighted by atomic mass is 15.0. The molecule has 0 saturated heterocycles. The second kappa shape index (κ2) is 8.79. The van der Waals surface area contributed by atoms with Gasteiger partial charge in [-0.05, 0) is 35.4 Å². The van der Waals surface area contributed by atoms with E-state index in [9.17, 15) is 0 Å². The van der Waals surface area contributed by atoms with Crippen LogP contribution in [0.2, 0.25) is 0 Å². The van der Waals surface area contributed by atoms with Gasteiger partial charge >= 0.3 is 0 Å². The van der Waals surface area contributed by atoms with Crippen LogP contribution in [0.15, 0.2) is 116 Å². The van der Waals surface area contributed by atoms with Gasteiger partial charge in [0, 0.05) is 36.4 Å². The van der Waals surface area contributed by atoms with Crippen LogP contribution in [-0.2, 0) is 0 Å². The van der Waals surface area contributed by atoms with E-state index in [1.54, 1.807) is 6.20 Å². The molecule has 0 aliphatic carbocycles. The lowest BCUT2D eigenvalue weighted by Crippen LogP contribution is -2.15. The Morgan fingerprint density at radius 3 is 2.18 bits per heavy atom. The van der Waals surface area contributed by atoms with E-state index in [1.165, 1.54) is 11.1 Å². The van der Waals surface area contributed by atoms with Crippen molar-refractivity contribution >= 4 is 22.4 Å². The molecule has 5 nitrogen and oxygen atoms in total. The van der Waals surface area contributed by atoms with Crippen LogP contribution in [0.3, 0.4) is 0 Å². The third-order valence-corrected chi connectivity index (χ3v) is 6.14. The first-order valence-electron chi connectivity index (χ1n) is 11.4. The Morgan fingerprint density at radius 2 is 1.41 bits per heavy atom. The number of nitrogens with one attached hydrogen (secondary N) is 1. The van der Waals surface area contributed by atoms with E-state index in [1.807, 2.05) is 47.1 Å². The zero-order chi connectivity index (χ0) is 22.7. The second-order valence-electron chi connectivity index (χ2n) is 8.25. The molecule has 0 radical (unpaired) electrons. The third kappa shape index (κ3) is 3.77. The first-order chi connectivity index (χ1) is 16.9. The predicted molar refractivity (Wildman–Crippen MR) is 137 cm³/mol. The number of fused-ring (bicyclic) bond motifs is 2. The normalized spacial score (nSPS) is 11.3. The minimum atomic E-state index is 0.190. The molecule has 1 N–H and O–H groups in total. The van der Waals surface area contributed by atoms with Crippen molar-refractivity contribution in [2.24, 2.45) is 0 Å². The van der Waals surface area contributed by atoms with E-state index >= 15 is 0 Å². The molecule has 3 aromatic heterocycles. The number of hydrogen-bond acceptors (Lipinski definition) is 4. The number of aromatic nitrogens is 4. The van der Waals surface area contributed by atoms with Gasteiger partial charge in [0.2, 0.25) is 0 Å². The molecule has 3 heterocycles. The summed E-state index contributed by atoms with van der Waals surface area (Å²) in [6.45, 7) is 0.710.